The van der Waals surface area contributed by atoms with Crippen molar-refractivity contribution in [1.29, 1.82) is 0 Å². The summed E-state index contributed by atoms with van der Waals surface area (Å²) in [7, 11) is 1.62. The molecular formula is C6H12N4S. The smallest absolute Gasteiger partial charge is 0.223 e. The zero-order chi connectivity index (χ0) is 8.69. The number of hydrogen-bond donors (Lipinski definition) is 2. The van der Waals surface area contributed by atoms with Crippen LogP contribution >= 0.6 is 12.2 Å². The van der Waals surface area contributed by atoms with Crippen LogP contribution in [0.15, 0.2) is 9.98 Å². The molecule has 0 heterocycles. The predicted molar refractivity (Wildman–Crippen MR) is 52.1 cm³/mol. The zero-order valence-corrected chi connectivity index (χ0v) is 7.48. The van der Waals surface area contributed by atoms with Crippen LogP contribution in [0.25, 0.3) is 0 Å². The van der Waals surface area contributed by atoms with Gasteiger partial charge in [-0.1, -0.05) is 6.92 Å². The van der Waals surface area contributed by atoms with Gasteiger partial charge in [0.15, 0.2) is 5.11 Å². The minimum Gasteiger partial charge on any atom is -0.376 e. The van der Waals surface area contributed by atoms with Crippen LogP contribution in [-0.2, 0) is 0 Å². The maximum atomic E-state index is 5.21. The maximum Gasteiger partial charge on any atom is 0.223 e. The van der Waals surface area contributed by atoms with E-state index in [4.69, 9.17) is 5.73 Å². The van der Waals surface area contributed by atoms with E-state index in [1.165, 1.54) is 0 Å². The Morgan fingerprint density at radius 1 is 1.73 bits per heavy atom. The van der Waals surface area contributed by atoms with Crippen molar-refractivity contribution in [2.45, 2.75) is 13.3 Å². The summed E-state index contributed by atoms with van der Waals surface area (Å²) in [5.41, 5.74) is 5.21. The van der Waals surface area contributed by atoms with Crippen molar-refractivity contribution in [3.63, 3.8) is 0 Å². The maximum absolute atomic E-state index is 5.21. The minimum atomic E-state index is 0.179. The van der Waals surface area contributed by atoms with E-state index in [2.05, 4.69) is 27.5 Å². The number of thiocarbonyl (C=S) groups is 1. The Kier molecular flexibility index (Phi) is 5.28. The second kappa shape index (κ2) is 5.79. The Hall–Kier alpha value is -0.970. The number of nitrogens with two attached hydrogens (primary N) is 1. The molecule has 0 rings (SSSR count). The third-order valence-electron chi connectivity index (χ3n) is 0.843. The molecule has 0 aliphatic rings. The van der Waals surface area contributed by atoms with Gasteiger partial charge >= 0.3 is 0 Å². The lowest BCUT2D eigenvalue weighted by molar-refractivity contribution is 1.23. The molecule has 4 nitrogen and oxygen atoms in total. The lowest BCUT2D eigenvalue weighted by Gasteiger charge is -1.99. The van der Waals surface area contributed by atoms with Gasteiger partial charge in [-0.05, 0) is 18.6 Å². The monoisotopic (exact) mass is 172 g/mol. The number of nitrogens with zero attached hydrogens (tertiary/aromatic N) is 2. The first-order valence-corrected chi connectivity index (χ1v) is 3.67. The summed E-state index contributed by atoms with van der Waals surface area (Å²) < 4.78 is 0. The molecule has 0 saturated heterocycles. The van der Waals surface area contributed by atoms with E-state index in [0.717, 1.165) is 6.42 Å². The number of guanidine groups is 1. The molecule has 0 aromatic heterocycles. The molecule has 0 aliphatic heterocycles. The first-order chi connectivity index (χ1) is 5.20. The molecule has 0 aromatic rings. The number of hydrogen-bond acceptors (Lipinski definition) is 2. The quantitative estimate of drug-likeness (QED) is 0.339. The lowest BCUT2D eigenvalue weighted by atomic mass is 10.5. The zero-order valence-electron chi connectivity index (χ0n) is 6.66. The van der Waals surface area contributed by atoms with Gasteiger partial charge in [0.1, 0.15) is 0 Å². The van der Waals surface area contributed by atoms with Crippen LogP contribution in [0.5, 0.6) is 0 Å². The molecule has 11 heavy (non-hydrogen) atoms. The molecule has 5 heteroatoms. The standard InChI is InChI=1S/C6H12N4S/c1-3-4-9-6(8-2)10-5(7)11/h4H,3H2,1-2H3,(H3,7,8,10,11)/b9-4-. The highest BCUT2D eigenvalue weighted by Gasteiger charge is 1.91. The van der Waals surface area contributed by atoms with Crippen LogP contribution in [-0.4, -0.2) is 24.3 Å². The third-order valence-corrected chi connectivity index (χ3v) is 0.945. The van der Waals surface area contributed by atoms with Gasteiger partial charge in [0, 0.05) is 13.3 Å². The van der Waals surface area contributed by atoms with E-state index in [-0.39, 0.29) is 5.11 Å². The van der Waals surface area contributed by atoms with Crippen molar-refractivity contribution in [3.05, 3.63) is 0 Å². The Balaban J connectivity index is 3.98. The van der Waals surface area contributed by atoms with E-state index in [9.17, 15) is 0 Å². The Bertz CT molecular complexity index is 185. The molecule has 3 N–H and O–H groups in total. The molecule has 0 radical (unpaired) electrons. The summed E-state index contributed by atoms with van der Waals surface area (Å²) in [6.07, 6.45) is 2.59. The number of rotatable bonds is 1. The molecule has 0 aromatic carbocycles. The second-order valence-corrected chi connectivity index (χ2v) is 2.20. The molecule has 0 atom stereocenters. The van der Waals surface area contributed by atoms with Gasteiger partial charge in [0.2, 0.25) is 5.96 Å². The Morgan fingerprint density at radius 2 is 2.36 bits per heavy atom. The molecule has 0 unspecified atom stereocenters. The summed E-state index contributed by atoms with van der Waals surface area (Å²) in [5, 5.41) is 2.81. The SMILES string of the molecule is CC/C=N\C(=NC)NC(N)=S. The van der Waals surface area contributed by atoms with Crippen LogP contribution in [0.3, 0.4) is 0 Å². The van der Waals surface area contributed by atoms with Crippen LogP contribution in [0.1, 0.15) is 13.3 Å². The minimum absolute atomic E-state index is 0.179. The van der Waals surface area contributed by atoms with E-state index >= 15 is 0 Å². The van der Waals surface area contributed by atoms with Crippen LogP contribution < -0.4 is 11.1 Å². The van der Waals surface area contributed by atoms with Gasteiger partial charge < -0.3 is 11.1 Å². The lowest BCUT2D eigenvalue weighted by Crippen LogP contribution is -2.33. The van der Waals surface area contributed by atoms with Gasteiger partial charge in [-0.15, -0.1) is 0 Å². The summed E-state index contributed by atoms with van der Waals surface area (Å²) in [6, 6.07) is 0. The van der Waals surface area contributed by atoms with Gasteiger partial charge in [0.25, 0.3) is 0 Å². The van der Waals surface area contributed by atoms with Crippen molar-refractivity contribution >= 4 is 29.5 Å². The third kappa shape index (κ3) is 5.47. The van der Waals surface area contributed by atoms with E-state index in [1.54, 1.807) is 13.3 Å². The van der Waals surface area contributed by atoms with Gasteiger partial charge in [-0.25, -0.2) is 4.99 Å². The number of aliphatic imine (C=N–C) groups is 2. The predicted octanol–water partition coefficient (Wildman–Crippen LogP) is 0.286. The van der Waals surface area contributed by atoms with Gasteiger partial charge in [0.05, 0.1) is 0 Å². The summed E-state index contributed by atoms with van der Waals surface area (Å²) in [5.74, 6) is 0.444. The average Bonchev–Trinajstić information content (AvgIpc) is 1.97. The molecule has 0 spiro atoms. The summed E-state index contributed by atoms with van der Waals surface area (Å²) in [4.78, 5) is 7.75. The fourth-order valence-electron chi connectivity index (χ4n) is 0.434. The van der Waals surface area contributed by atoms with Crippen molar-refractivity contribution < 1.29 is 0 Å². The van der Waals surface area contributed by atoms with Crippen molar-refractivity contribution in [2.75, 3.05) is 7.05 Å². The van der Waals surface area contributed by atoms with Crippen molar-refractivity contribution in [1.82, 2.24) is 5.32 Å². The van der Waals surface area contributed by atoms with Crippen LogP contribution in [0.2, 0.25) is 0 Å². The first kappa shape index (κ1) is 10.0. The average molecular weight is 172 g/mol. The molecule has 0 amide bonds. The molecule has 0 saturated carbocycles. The van der Waals surface area contributed by atoms with Gasteiger partial charge in [-0.2, -0.15) is 0 Å². The van der Waals surface area contributed by atoms with Crippen molar-refractivity contribution in [2.24, 2.45) is 15.7 Å². The Morgan fingerprint density at radius 3 is 2.73 bits per heavy atom. The van der Waals surface area contributed by atoms with Crippen LogP contribution in [0, 0.1) is 0 Å². The highest BCUT2D eigenvalue weighted by molar-refractivity contribution is 7.80. The molecule has 62 valence electrons. The topological polar surface area (TPSA) is 62.8 Å². The number of nitrogens with one attached hydrogen (secondary N) is 1. The Labute approximate surface area is 71.6 Å². The summed E-state index contributed by atoms with van der Waals surface area (Å²) >= 11 is 4.60. The fourth-order valence-corrected chi connectivity index (χ4v) is 0.525. The molecule has 0 bridgehead atoms. The fraction of sp³-hybridized carbons (Fsp3) is 0.500. The largest absolute Gasteiger partial charge is 0.376 e. The van der Waals surface area contributed by atoms with E-state index in [0.29, 0.717) is 5.96 Å². The van der Waals surface area contributed by atoms with E-state index < -0.39 is 0 Å². The second-order valence-electron chi connectivity index (χ2n) is 1.76. The normalized spacial score (nSPS) is 12.0. The van der Waals surface area contributed by atoms with Crippen molar-refractivity contribution in [3.8, 4) is 0 Å². The highest BCUT2D eigenvalue weighted by atomic mass is 32.1. The van der Waals surface area contributed by atoms with Crippen LogP contribution in [0.4, 0.5) is 0 Å². The summed E-state index contributed by atoms with van der Waals surface area (Å²) in [6.45, 7) is 1.98. The van der Waals surface area contributed by atoms with Gasteiger partial charge in [-0.3, -0.25) is 4.99 Å². The first-order valence-electron chi connectivity index (χ1n) is 3.26. The molecule has 0 aliphatic carbocycles. The molecular weight excluding hydrogens is 160 g/mol. The highest BCUT2D eigenvalue weighted by Crippen LogP contribution is 1.75. The van der Waals surface area contributed by atoms with E-state index in [1.807, 2.05) is 6.92 Å². The molecule has 0 fully saturated rings.